The van der Waals surface area contributed by atoms with Crippen molar-refractivity contribution < 1.29 is 23.4 Å². The van der Waals surface area contributed by atoms with E-state index in [-0.39, 0.29) is 57.6 Å². The van der Waals surface area contributed by atoms with Crippen molar-refractivity contribution in [3.05, 3.63) is 40.9 Å². The molecule has 1 aromatic heterocycles. The maximum atomic E-state index is 14.3. The Hall–Kier alpha value is -3.16. The van der Waals surface area contributed by atoms with E-state index in [0.29, 0.717) is 26.3 Å². The van der Waals surface area contributed by atoms with Crippen LogP contribution in [-0.2, 0) is 9.47 Å². The van der Waals surface area contributed by atoms with Gasteiger partial charge in [0.1, 0.15) is 28.9 Å². The molecule has 9 nitrogen and oxygen atoms in total. The van der Waals surface area contributed by atoms with Crippen molar-refractivity contribution in [1.29, 1.82) is 5.26 Å². The molecule has 11 heteroatoms. The summed E-state index contributed by atoms with van der Waals surface area (Å²) in [6.07, 6.45) is 2.50. The number of hydrogen-bond acceptors (Lipinski definition) is 8. The fourth-order valence-corrected chi connectivity index (χ4v) is 4.45. The average molecular weight is 488 g/mol. The van der Waals surface area contributed by atoms with Crippen LogP contribution in [0, 0.1) is 29.0 Å². The molecule has 2 bridgehead atoms. The van der Waals surface area contributed by atoms with Gasteiger partial charge in [-0.05, 0) is 38.0 Å². The Morgan fingerprint density at radius 1 is 1.32 bits per heavy atom. The number of carbonyl (C=O) groups excluding carboxylic acids is 1. The number of halogens is 2. The number of carbonyl (C=O) groups is 1. The zero-order valence-electron chi connectivity index (χ0n) is 18.5. The van der Waals surface area contributed by atoms with Crippen molar-refractivity contribution >= 4 is 29.2 Å². The van der Waals surface area contributed by atoms with Gasteiger partial charge in [-0.3, -0.25) is 0 Å². The number of anilines is 2. The lowest BCUT2D eigenvalue weighted by atomic mass is 9.84. The van der Waals surface area contributed by atoms with Crippen molar-refractivity contribution in [2.24, 2.45) is 11.8 Å². The Labute approximate surface area is 200 Å². The zero-order chi connectivity index (χ0) is 23.9. The second-order valence-corrected chi connectivity index (χ2v) is 9.51. The number of fused-ring (bicyclic) bond motifs is 2. The van der Waals surface area contributed by atoms with Crippen LogP contribution in [0.4, 0.5) is 20.7 Å². The normalized spacial score (nSPS) is 24.6. The van der Waals surface area contributed by atoms with Crippen molar-refractivity contribution in [3.8, 4) is 11.9 Å². The number of nitriles is 1. The Kier molecular flexibility index (Phi) is 5.91. The summed E-state index contributed by atoms with van der Waals surface area (Å²) in [5.41, 5.74) is -0.00873. The molecule has 1 aliphatic carbocycles. The molecule has 178 valence electrons. The third-order valence-electron chi connectivity index (χ3n) is 6.41. The summed E-state index contributed by atoms with van der Waals surface area (Å²) in [6, 6.07) is 5.93. The number of hydrogen-bond donors (Lipinski definition) is 1. The van der Waals surface area contributed by atoms with E-state index in [2.05, 4.69) is 15.3 Å². The molecular formula is C23H23ClFN5O4. The Balaban J connectivity index is 1.30. The zero-order valence-corrected chi connectivity index (χ0v) is 19.2. The molecule has 0 radical (unpaired) electrons. The van der Waals surface area contributed by atoms with Crippen molar-refractivity contribution in [3.63, 3.8) is 0 Å². The van der Waals surface area contributed by atoms with Gasteiger partial charge in [0, 0.05) is 24.9 Å². The van der Waals surface area contributed by atoms with Crippen molar-refractivity contribution in [2.45, 2.75) is 31.5 Å². The summed E-state index contributed by atoms with van der Waals surface area (Å²) >= 11 is 6.50. The summed E-state index contributed by atoms with van der Waals surface area (Å²) < 4.78 is 31.9. The number of nitrogens with one attached hydrogen (secondary N) is 1. The molecule has 0 spiro atoms. The van der Waals surface area contributed by atoms with Crippen LogP contribution in [0.2, 0.25) is 5.02 Å². The molecule has 1 saturated carbocycles. The summed E-state index contributed by atoms with van der Waals surface area (Å²) in [5, 5.41) is 11.8. The second-order valence-electron chi connectivity index (χ2n) is 9.14. The summed E-state index contributed by atoms with van der Waals surface area (Å²) in [6.45, 7) is 3.71. The van der Waals surface area contributed by atoms with E-state index in [1.807, 2.05) is 13.0 Å². The molecule has 1 aromatic carbocycles. The van der Waals surface area contributed by atoms with Gasteiger partial charge in [-0.25, -0.2) is 19.2 Å². The van der Waals surface area contributed by atoms with Crippen LogP contribution in [0.15, 0.2) is 24.5 Å². The average Bonchev–Trinajstić information content (AvgIpc) is 3.53. The molecule has 2 saturated heterocycles. The number of ether oxygens (including phenoxy) is 3. The lowest BCUT2D eigenvalue weighted by Crippen LogP contribution is -2.59. The van der Waals surface area contributed by atoms with E-state index >= 15 is 0 Å². The lowest BCUT2D eigenvalue weighted by Gasteiger charge is -2.46. The van der Waals surface area contributed by atoms with E-state index in [9.17, 15) is 9.18 Å². The van der Waals surface area contributed by atoms with Gasteiger partial charge < -0.3 is 24.4 Å². The molecule has 34 heavy (non-hydrogen) atoms. The van der Waals surface area contributed by atoms with E-state index < -0.39 is 5.82 Å². The number of likely N-dealkylation sites (tertiary alicyclic amines) is 1. The highest BCUT2D eigenvalue weighted by Gasteiger charge is 2.47. The highest BCUT2D eigenvalue weighted by molar-refractivity contribution is 6.34. The van der Waals surface area contributed by atoms with Crippen LogP contribution >= 0.6 is 11.6 Å². The van der Waals surface area contributed by atoms with Crippen LogP contribution in [0.25, 0.3) is 0 Å². The first-order valence-corrected chi connectivity index (χ1v) is 11.4. The van der Waals surface area contributed by atoms with Gasteiger partial charge in [-0.2, -0.15) is 5.26 Å². The molecule has 1 amide bonds. The Bertz CT molecular complexity index is 1140. The summed E-state index contributed by atoms with van der Waals surface area (Å²) in [7, 11) is 0. The monoisotopic (exact) mass is 487 g/mol. The minimum absolute atomic E-state index is 0.0783. The van der Waals surface area contributed by atoms with Crippen LogP contribution < -0.4 is 10.1 Å². The predicted molar refractivity (Wildman–Crippen MR) is 119 cm³/mol. The van der Waals surface area contributed by atoms with Gasteiger partial charge in [-0.1, -0.05) is 11.6 Å². The smallest absolute Gasteiger partial charge is 0.410 e. The highest BCUT2D eigenvalue weighted by Crippen LogP contribution is 2.40. The number of piperidine rings is 1. The van der Waals surface area contributed by atoms with Gasteiger partial charge >= 0.3 is 6.09 Å². The standard InChI is InChI=1S/C23H23ClFN5O4/c1-23(4-5-23)34-22(31)30-8-14-10-32-11-15(9-30)19(14)33-21-18(24)20(27-12-28-21)29-17-3-2-13(7-26)6-16(17)25/h2-3,6,12,14-15,19H,4-5,8-11H2,1H3,(H,27,28,29). The molecular weight excluding hydrogens is 465 g/mol. The Morgan fingerprint density at radius 3 is 2.71 bits per heavy atom. The number of rotatable bonds is 5. The topological polar surface area (TPSA) is 110 Å². The fraction of sp³-hybridized carbons (Fsp3) is 0.478. The van der Waals surface area contributed by atoms with Gasteiger partial charge in [0.05, 0.1) is 30.5 Å². The van der Waals surface area contributed by atoms with Gasteiger partial charge in [0.15, 0.2) is 5.82 Å². The minimum Gasteiger partial charge on any atom is -0.472 e. The van der Waals surface area contributed by atoms with E-state index in [0.717, 1.165) is 18.9 Å². The Morgan fingerprint density at radius 2 is 2.06 bits per heavy atom. The molecule has 1 N–H and O–H groups in total. The number of benzene rings is 1. The third-order valence-corrected chi connectivity index (χ3v) is 6.75. The van der Waals surface area contributed by atoms with E-state index in [1.54, 1.807) is 4.90 Å². The molecule has 3 aliphatic rings. The number of amides is 1. The van der Waals surface area contributed by atoms with Crippen LogP contribution in [-0.4, -0.2) is 59.0 Å². The van der Waals surface area contributed by atoms with Gasteiger partial charge in [0.2, 0.25) is 5.88 Å². The van der Waals surface area contributed by atoms with E-state index in [1.165, 1.54) is 18.5 Å². The lowest BCUT2D eigenvalue weighted by molar-refractivity contribution is -0.111. The van der Waals surface area contributed by atoms with Crippen molar-refractivity contribution in [2.75, 3.05) is 31.6 Å². The maximum absolute atomic E-state index is 14.3. The highest BCUT2D eigenvalue weighted by atomic mass is 35.5. The third kappa shape index (κ3) is 4.58. The predicted octanol–water partition coefficient (Wildman–Crippen LogP) is 3.90. The first kappa shape index (κ1) is 22.6. The summed E-state index contributed by atoms with van der Waals surface area (Å²) in [4.78, 5) is 22.6. The molecule has 2 unspecified atom stereocenters. The quantitative estimate of drug-likeness (QED) is 0.676. The first-order valence-electron chi connectivity index (χ1n) is 11.0. The van der Waals surface area contributed by atoms with Gasteiger partial charge in [0.25, 0.3) is 0 Å². The van der Waals surface area contributed by atoms with Gasteiger partial charge in [-0.15, -0.1) is 0 Å². The van der Waals surface area contributed by atoms with Crippen LogP contribution in [0.3, 0.4) is 0 Å². The second kappa shape index (κ2) is 8.89. The molecule has 2 aliphatic heterocycles. The summed E-state index contributed by atoms with van der Waals surface area (Å²) in [5.74, 6) is -0.426. The molecule has 2 atom stereocenters. The molecule has 5 rings (SSSR count). The number of aromatic nitrogens is 2. The number of nitrogens with zero attached hydrogens (tertiary/aromatic N) is 4. The molecule has 3 fully saturated rings. The molecule has 2 aromatic rings. The minimum atomic E-state index is -0.609. The van der Waals surface area contributed by atoms with Crippen LogP contribution in [0.1, 0.15) is 25.3 Å². The van der Waals surface area contributed by atoms with Crippen LogP contribution in [0.5, 0.6) is 5.88 Å². The maximum Gasteiger partial charge on any atom is 0.410 e. The SMILES string of the molecule is CC1(OC(=O)N2CC3COCC(C2)C3Oc2ncnc(Nc3ccc(C#N)cc3F)c2Cl)CC1. The van der Waals surface area contributed by atoms with Crippen molar-refractivity contribution in [1.82, 2.24) is 14.9 Å². The first-order chi connectivity index (χ1) is 16.3. The fourth-order valence-electron chi connectivity index (χ4n) is 4.26. The van der Waals surface area contributed by atoms with E-state index in [4.69, 9.17) is 31.1 Å². The largest absolute Gasteiger partial charge is 0.472 e. The molecule has 3 heterocycles.